The van der Waals surface area contributed by atoms with Crippen LogP contribution in [0.2, 0.25) is 0 Å². The molecule has 1 fully saturated rings. The summed E-state index contributed by atoms with van der Waals surface area (Å²) in [5.74, 6) is 0.617. The van der Waals surface area contributed by atoms with E-state index >= 15 is 0 Å². The van der Waals surface area contributed by atoms with Gasteiger partial charge >= 0.3 is 0 Å². The van der Waals surface area contributed by atoms with Crippen molar-refractivity contribution in [3.05, 3.63) is 77.1 Å². The molecule has 1 aliphatic heterocycles. The summed E-state index contributed by atoms with van der Waals surface area (Å²) in [6.45, 7) is 2.19. The van der Waals surface area contributed by atoms with Gasteiger partial charge in [-0.2, -0.15) is 0 Å². The second kappa shape index (κ2) is 7.39. The molecule has 0 unspecified atom stereocenters. The highest BCUT2D eigenvalue weighted by atomic mass is 19.1. The molecule has 3 aromatic rings. The number of fused-ring (bicyclic) bond motifs is 1. The Morgan fingerprint density at radius 3 is 2.68 bits per heavy atom. The van der Waals surface area contributed by atoms with Crippen LogP contribution in [-0.4, -0.2) is 12.7 Å². The van der Waals surface area contributed by atoms with Crippen LogP contribution in [0.25, 0.3) is 11.1 Å². The van der Waals surface area contributed by atoms with Gasteiger partial charge < -0.3 is 14.8 Å². The lowest BCUT2D eigenvalue weighted by Gasteiger charge is -2.18. The molecule has 3 aromatic carbocycles. The van der Waals surface area contributed by atoms with Gasteiger partial charge in [0.05, 0.1) is 11.1 Å². The van der Waals surface area contributed by atoms with Gasteiger partial charge in [0.15, 0.2) is 11.5 Å². The van der Waals surface area contributed by atoms with Crippen LogP contribution in [0.1, 0.15) is 29.5 Å². The highest BCUT2D eigenvalue weighted by Crippen LogP contribution is 2.51. The molecule has 1 amide bonds. The summed E-state index contributed by atoms with van der Waals surface area (Å²) in [4.78, 5) is 13.2. The first-order valence-electron chi connectivity index (χ1n) is 10.3. The SMILES string of the molecule is Cc1cc(F)c(NC(=O)C2(c3ccc4c(c3)OCO4)CC2)cc1-c1cccc(C[NH])c1. The summed E-state index contributed by atoms with van der Waals surface area (Å²) in [5.41, 5.74) is 11.3. The van der Waals surface area contributed by atoms with E-state index in [4.69, 9.17) is 15.2 Å². The highest BCUT2D eigenvalue weighted by Gasteiger charge is 2.51. The molecular formula is C25H22FN2O3. The van der Waals surface area contributed by atoms with Gasteiger partial charge in [-0.25, -0.2) is 4.39 Å². The number of carbonyl (C=O) groups excluding carboxylic acids is 1. The summed E-state index contributed by atoms with van der Waals surface area (Å²) in [7, 11) is 0. The number of benzene rings is 3. The number of anilines is 1. The second-order valence-electron chi connectivity index (χ2n) is 8.13. The summed E-state index contributed by atoms with van der Waals surface area (Å²) in [6, 6.07) is 16.3. The first-order valence-corrected chi connectivity index (χ1v) is 10.3. The molecule has 0 aromatic heterocycles. The Kier molecular flexibility index (Phi) is 4.67. The quantitative estimate of drug-likeness (QED) is 0.636. The maximum atomic E-state index is 14.8. The van der Waals surface area contributed by atoms with Gasteiger partial charge in [-0.05, 0) is 77.9 Å². The van der Waals surface area contributed by atoms with Crippen LogP contribution in [0.15, 0.2) is 54.6 Å². The number of amides is 1. The Labute approximate surface area is 180 Å². The predicted octanol–water partition coefficient (Wildman–Crippen LogP) is 4.98. The normalized spacial score (nSPS) is 15.6. The molecule has 1 radical (unpaired) electrons. The van der Waals surface area contributed by atoms with Crippen molar-refractivity contribution in [1.82, 2.24) is 5.73 Å². The molecule has 5 nitrogen and oxygen atoms in total. The fourth-order valence-corrected chi connectivity index (χ4v) is 4.14. The molecule has 1 saturated carbocycles. The van der Waals surface area contributed by atoms with Crippen molar-refractivity contribution in [2.24, 2.45) is 0 Å². The molecule has 6 heteroatoms. The zero-order valence-corrected chi connectivity index (χ0v) is 17.1. The van der Waals surface area contributed by atoms with Crippen molar-refractivity contribution < 1.29 is 18.7 Å². The zero-order chi connectivity index (χ0) is 21.6. The van der Waals surface area contributed by atoms with Crippen LogP contribution in [-0.2, 0) is 16.8 Å². The summed E-state index contributed by atoms with van der Waals surface area (Å²) >= 11 is 0. The Morgan fingerprint density at radius 1 is 1.10 bits per heavy atom. The lowest BCUT2D eigenvalue weighted by atomic mass is 9.94. The zero-order valence-electron chi connectivity index (χ0n) is 17.1. The van der Waals surface area contributed by atoms with Crippen LogP contribution >= 0.6 is 0 Å². The fourth-order valence-electron chi connectivity index (χ4n) is 4.14. The number of nitrogens with one attached hydrogen (secondary N) is 2. The summed E-state index contributed by atoms with van der Waals surface area (Å²) < 4.78 is 25.6. The second-order valence-corrected chi connectivity index (χ2v) is 8.13. The van der Waals surface area contributed by atoms with Crippen LogP contribution in [0, 0.1) is 12.7 Å². The van der Waals surface area contributed by atoms with E-state index in [0.717, 1.165) is 27.8 Å². The van der Waals surface area contributed by atoms with Crippen LogP contribution in [0.4, 0.5) is 10.1 Å². The topological polar surface area (TPSA) is 71.4 Å². The minimum absolute atomic E-state index is 0.161. The monoisotopic (exact) mass is 417 g/mol. The Hall–Kier alpha value is -3.38. The summed E-state index contributed by atoms with van der Waals surface area (Å²) in [5, 5.41) is 2.82. The number of rotatable bonds is 5. The van der Waals surface area contributed by atoms with E-state index in [1.54, 1.807) is 6.07 Å². The number of aryl methyl sites for hydroxylation is 1. The third-order valence-electron chi connectivity index (χ3n) is 6.11. The van der Waals surface area contributed by atoms with Gasteiger partial charge in [0.25, 0.3) is 0 Å². The first kappa shape index (κ1) is 19.6. The van der Waals surface area contributed by atoms with Gasteiger partial charge in [0.2, 0.25) is 12.7 Å². The molecule has 2 aliphatic rings. The van der Waals surface area contributed by atoms with Crippen LogP contribution in [0.3, 0.4) is 0 Å². The third-order valence-corrected chi connectivity index (χ3v) is 6.11. The Bertz CT molecular complexity index is 1190. The predicted molar refractivity (Wildman–Crippen MR) is 115 cm³/mol. The van der Waals surface area contributed by atoms with Crippen molar-refractivity contribution in [3.8, 4) is 22.6 Å². The Morgan fingerprint density at radius 2 is 1.90 bits per heavy atom. The standard InChI is InChI=1S/C25H22FN2O3/c1-15-9-20(26)21(12-19(15)17-4-2-3-16(10-17)13-27)28-24(29)25(7-8-25)18-5-6-22-23(11-18)31-14-30-22/h2-6,9-12,27H,7-8,13-14H2,1H3,(H,28,29). The molecule has 157 valence electrons. The average molecular weight is 417 g/mol. The summed E-state index contributed by atoms with van der Waals surface area (Å²) in [6.07, 6.45) is 1.40. The minimum atomic E-state index is -0.677. The smallest absolute Gasteiger partial charge is 0.235 e. The average Bonchev–Trinajstić information content (AvgIpc) is 3.46. The molecule has 0 atom stereocenters. The fraction of sp³-hybridized carbons (Fsp3) is 0.240. The number of ether oxygens (including phenoxy) is 2. The van der Waals surface area contributed by atoms with Crippen LogP contribution < -0.4 is 20.5 Å². The minimum Gasteiger partial charge on any atom is -0.454 e. The van der Waals surface area contributed by atoms with Crippen molar-refractivity contribution in [3.63, 3.8) is 0 Å². The molecule has 1 heterocycles. The third kappa shape index (κ3) is 3.43. The molecule has 0 bridgehead atoms. The number of carbonyl (C=O) groups is 1. The van der Waals surface area contributed by atoms with Gasteiger partial charge in [-0.1, -0.05) is 24.3 Å². The molecule has 31 heavy (non-hydrogen) atoms. The van der Waals surface area contributed by atoms with E-state index in [1.807, 2.05) is 49.4 Å². The molecule has 0 saturated heterocycles. The van der Waals surface area contributed by atoms with E-state index in [2.05, 4.69) is 5.32 Å². The van der Waals surface area contributed by atoms with Gasteiger partial charge in [0, 0.05) is 6.54 Å². The number of hydrogen-bond acceptors (Lipinski definition) is 3. The molecule has 2 N–H and O–H groups in total. The number of hydrogen-bond donors (Lipinski definition) is 1. The maximum Gasteiger partial charge on any atom is 0.235 e. The number of halogens is 1. The van der Waals surface area contributed by atoms with E-state index in [9.17, 15) is 9.18 Å². The van der Waals surface area contributed by atoms with Crippen molar-refractivity contribution >= 4 is 11.6 Å². The highest BCUT2D eigenvalue weighted by molar-refractivity contribution is 6.02. The molecular weight excluding hydrogens is 395 g/mol. The van der Waals surface area contributed by atoms with E-state index in [-0.39, 0.29) is 24.9 Å². The maximum absolute atomic E-state index is 14.8. The van der Waals surface area contributed by atoms with Crippen molar-refractivity contribution in [2.45, 2.75) is 31.7 Å². The largest absolute Gasteiger partial charge is 0.454 e. The van der Waals surface area contributed by atoms with E-state index in [0.29, 0.717) is 24.3 Å². The van der Waals surface area contributed by atoms with Gasteiger partial charge in [0.1, 0.15) is 5.82 Å². The first-order chi connectivity index (χ1) is 15.0. The van der Waals surface area contributed by atoms with E-state index < -0.39 is 11.2 Å². The Balaban J connectivity index is 1.45. The lowest BCUT2D eigenvalue weighted by Crippen LogP contribution is -2.28. The van der Waals surface area contributed by atoms with Crippen LogP contribution in [0.5, 0.6) is 11.5 Å². The van der Waals surface area contributed by atoms with E-state index in [1.165, 1.54) is 6.07 Å². The molecule has 0 spiro atoms. The lowest BCUT2D eigenvalue weighted by molar-refractivity contribution is -0.118. The molecule has 5 rings (SSSR count). The van der Waals surface area contributed by atoms with Crippen molar-refractivity contribution in [2.75, 3.05) is 12.1 Å². The van der Waals surface area contributed by atoms with Gasteiger partial charge in [-0.15, -0.1) is 0 Å². The molecule has 1 aliphatic carbocycles. The van der Waals surface area contributed by atoms with Crippen molar-refractivity contribution in [1.29, 1.82) is 0 Å². The van der Waals surface area contributed by atoms with Gasteiger partial charge in [-0.3, -0.25) is 10.5 Å².